The highest BCUT2D eigenvalue weighted by atomic mass is 79.9. The summed E-state index contributed by atoms with van der Waals surface area (Å²) in [6.07, 6.45) is 0. The smallest absolute Gasteiger partial charge is 0.127 e. The van der Waals surface area contributed by atoms with Crippen molar-refractivity contribution in [3.63, 3.8) is 0 Å². The van der Waals surface area contributed by atoms with Crippen LogP contribution in [0.1, 0.15) is 11.1 Å². The third-order valence-corrected chi connectivity index (χ3v) is 3.42. The van der Waals surface area contributed by atoms with E-state index >= 15 is 0 Å². The monoisotopic (exact) mass is 304 g/mol. The van der Waals surface area contributed by atoms with Gasteiger partial charge in [0.1, 0.15) is 17.3 Å². The van der Waals surface area contributed by atoms with Crippen LogP contribution in [0, 0.1) is 12.3 Å². The largest absolute Gasteiger partial charge is 0.457 e. The highest BCUT2D eigenvalue weighted by Crippen LogP contribution is 2.26. The number of nitrogens with one attached hydrogen (secondary N) is 1. The molecule has 0 radical (unpaired) electrons. The van der Waals surface area contributed by atoms with Crippen molar-refractivity contribution in [3.8, 4) is 11.5 Å². The lowest BCUT2D eigenvalue weighted by Gasteiger charge is -2.08. The van der Waals surface area contributed by atoms with E-state index in [1.165, 1.54) is 0 Å². The SMILES string of the molecule is Cc1cc(Oc2ccc(C(=N)N)cc2)ccc1Br. The minimum Gasteiger partial charge on any atom is -0.457 e. The standard InChI is InChI=1S/C14H13BrN2O/c1-9-8-12(6-7-13(9)15)18-11-4-2-10(3-5-11)14(16)17/h2-8H,1H3,(H3,16,17). The second kappa shape index (κ2) is 5.23. The summed E-state index contributed by atoms with van der Waals surface area (Å²) >= 11 is 3.45. The highest BCUT2D eigenvalue weighted by molar-refractivity contribution is 9.10. The molecular formula is C14H13BrN2O. The number of nitrogens with two attached hydrogens (primary N) is 1. The summed E-state index contributed by atoms with van der Waals surface area (Å²) < 4.78 is 6.77. The van der Waals surface area contributed by atoms with Gasteiger partial charge in [-0.25, -0.2) is 0 Å². The van der Waals surface area contributed by atoms with Gasteiger partial charge < -0.3 is 10.5 Å². The zero-order valence-corrected chi connectivity index (χ0v) is 11.5. The Morgan fingerprint density at radius 3 is 2.28 bits per heavy atom. The van der Waals surface area contributed by atoms with Crippen LogP contribution in [0.4, 0.5) is 0 Å². The fraction of sp³-hybridized carbons (Fsp3) is 0.0714. The molecule has 0 aromatic heterocycles. The maximum Gasteiger partial charge on any atom is 0.127 e. The molecule has 0 saturated carbocycles. The number of nitrogen functional groups attached to an aromatic ring is 1. The van der Waals surface area contributed by atoms with Crippen LogP contribution < -0.4 is 10.5 Å². The van der Waals surface area contributed by atoms with E-state index in [9.17, 15) is 0 Å². The Hall–Kier alpha value is -1.81. The first kappa shape index (κ1) is 12.6. The maximum absolute atomic E-state index is 7.31. The minimum absolute atomic E-state index is 0.0565. The lowest BCUT2D eigenvalue weighted by Crippen LogP contribution is -2.10. The molecule has 0 atom stereocenters. The van der Waals surface area contributed by atoms with Crippen LogP contribution in [-0.4, -0.2) is 5.84 Å². The predicted molar refractivity (Wildman–Crippen MR) is 76.4 cm³/mol. The molecule has 3 N–H and O–H groups in total. The van der Waals surface area contributed by atoms with Crippen molar-refractivity contribution in [3.05, 3.63) is 58.1 Å². The van der Waals surface area contributed by atoms with Gasteiger partial charge in [-0.1, -0.05) is 15.9 Å². The molecule has 0 bridgehead atoms. The second-order valence-electron chi connectivity index (χ2n) is 3.95. The molecule has 2 aromatic carbocycles. The number of ether oxygens (including phenoxy) is 1. The molecule has 2 rings (SSSR count). The van der Waals surface area contributed by atoms with Crippen LogP contribution in [-0.2, 0) is 0 Å². The number of rotatable bonds is 3. The average molecular weight is 305 g/mol. The zero-order valence-electron chi connectivity index (χ0n) is 9.91. The van der Waals surface area contributed by atoms with Crippen LogP contribution in [0.25, 0.3) is 0 Å². The van der Waals surface area contributed by atoms with Crippen LogP contribution in [0.15, 0.2) is 46.9 Å². The van der Waals surface area contributed by atoms with Crippen molar-refractivity contribution in [2.45, 2.75) is 6.92 Å². The van der Waals surface area contributed by atoms with Gasteiger partial charge in [0.25, 0.3) is 0 Å². The molecule has 92 valence electrons. The van der Waals surface area contributed by atoms with E-state index in [2.05, 4.69) is 15.9 Å². The minimum atomic E-state index is 0.0565. The van der Waals surface area contributed by atoms with Gasteiger partial charge in [0.2, 0.25) is 0 Å². The Morgan fingerprint density at radius 2 is 1.72 bits per heavy atom. The molecule has 0 spiro atoms. The molecule has 18 heavy (non-hydrogen) atoms. The first-order valence-electron chi connectivity index (χ1n) is 5.45. The normalized spacial score (nSPS) is 10.1. The molecule has 2 aromatic rings. The summed E-state index contributed by atoms with van der Waals surface area (Å²) in [6, 6.07) is 12.9. The van der Waals surface area contributed by atoms with Crippen LogP contribution in [0.3, 0.4) is 0 Å². The van der Waals surface area contributed by atoms with Crippen molar-refractivity contribution in [1.82, 2.24) is 0 Å². The molecular weight excluding hydrogens is 292 g/mol. The first-order valence-corrected chi connectivity index (χ1v) is 6.24. The van der Waals surface area contributed by atoms with Crippen molar-refractivity contribution in [2.24, 2.45) is 5.73 Å². The van der Waals surface area contributed by atoms with Crippen LogP contribution >= 0.6 is 15.9 Å². The lowest BCUT2D eigenvalue weighted by molar-refractivity contribution is 0.482. The molecule has 0 fully saturated rings. The number of hydrogen-bond acceptors (Lipinski definition) is 2. The lowest BCUT2D eigenvalue weighted by atomic mass is 10.2. The first-order chi connectivity index (χ1) is 8.56. The van der Waals surface area contributed by atoms with Gasteiger partial charge in [0.15, 0.2) is 0 Å². The molecule has 4 heteroatoms. The molecule has 3 nitrogen and oxygen atoms in total. The Kier molecular flexibility index (Phi) is 3.67. The Labute approximate surface area is 114 Å². The van der Waals surface area contributed by atoms with E-state index in [1.807, 2.05) is 25.1 Å². The van der Waals surface area contributed by atoms with Gasteiger partial charge in [-0.3, -0.25) is 5.41 Å². The van der Waals surface area contributed by atoms with Gasteiger partial charge >= 0.3 is 0 Å². The molecule has 0 aliphatic carbocycles. The second-order valence-corrected chi connectivity index (χ2v) is 4.81. The molecule has 0 saturated heterocycles. The Morgan fingerprint density at radius 1 is 1.11 bits per heavy atom. The number of hydrogen-bond donors (Lipinski definition) is 2. The molecule has 0 heterocycles. The quantitative estimate of drug-likeness (QED) is 0.668. The zero-order chi connectivity index (χ0) is 13.1. The Bertz CT molecular complexity index is 579. The van der Waals surface area contributed by atoms with Crippen LogP contribution in [0.2, 0.25) is 0 Å². The predicted octanol–water partition coefficient (Wildman–Crippen LogP) is 3.83. The van der Waals surface area contributed by atoms with Gasteiger partial charge in [-0.15, -0.1) is 0 Å². The van der Waals surface area contributed by atoms with E-state index in [4.69, 9.17) is 15.9 Å². The summed E-state index contributed by atoms with van der Waals surface area (Å²) in [7, 11) is 0. The summed E-state index contributed by atoms with van der Waals surface area (Å²) in [5.41, 5.74) is 7.20. The number of halogens is 1. The van der Waals surface area contributed by atoms with E-state index < -0.39 is 0 Å². The van der Waals surface area contributed by atoms with E-state index in [0.717, 1.165) is 21.5 Å². The number of benzene rings is 2. The van der Waals surface area contributed by atoms with Gasteiger partial charge in [-0.2, -0.15) is 0 Å². The van der Waals surface area contributed by atoms with E-state index in [0.29, 0.717) is 5.56 Å². The van der Waals surface area contributed by atoms with Crippen molar-refractivity contribution < 1.29 is 4.74 Å². The number of aryl methyl sites for hydroxylation is 1. The van der Waals surface area contributed by atoms with Crippen molar-refractivity contribution in [1.29, 1.82) is 5.41 Å². The fourth-order valence-electron chi connectivity index (χ4n) is 1.52. The fourth-order valence-corrected chi connectivity index (χ4v) is 1.77. The average Bonchev–Trinajstić information content (AvgIpc) is 2.34. The molecule has 0 unspecified atom stereocenters. The maximum atomic E-state index is 7.31. The third kappa shape index (κ3) is 2.90. The molecule has 0 amide bonds. The summed E-state index contributed by atoms with van der Waals surface area (Å²) in [6.45, 7) is 2.01. The van der Waals surface area contributed by atoms with Gasteiger partial charge in [0.05, 0.1) is 0 Å². The summed E-state index contributed by atoms with van der Waals surface area (Å²) in [5.74, 6) is 1.56. The van der Waals surface area contributed by atoms with E-state index in [1.54, 1.807) is 24.3 Å². The Balaban J connectivity index is 2.18. The van der Waals surface area contributed by atoms with E-state index in [-0.39, 0.29) is 5.84 Å². The van der Waals surface area contributed by atoms with Crippen molar-refractivity contribution in [2.75, 3.05) is 0 Å². The molecule has 0 aliphatic heterocycles. The number of amidine groups is 1. The topological polar surface area (TPSA) is 59.1 Å². The third-order valence-electron chi connectivity index (χ3n) is 2.53. The van der Waals surface area contributed by atoms with Crippen LogP contribution in [0.5, 0.6) is 11.5 Å². The van der Waals surface area contributed by atoms with Gasteiger partial charge in [-0.05, 0) is 55.0 Å². The highest BCUT2D eigenvalue weighted by Gasteiger charge is 2.01. The molecule has 0 aliphatic rings. The summed E-state index contributed by atoms with van der Waals surface area (Å²) in [5, 5.41) is 7.31. The van der Waals surface area contributed by atoms with Crippen molar-refractivity contribution >= 4 is 21.8 Å². The summed E-state index contributed by atoms with van der Waals surface area (Å²) in [4.78, 5) is 0. The van der Waals surface area contributed by atoms with Gasteiger partial charge in [0, 0.05) is 10.0 Å².